The van der Waals surface area contributed by atoms with Crippen molar-refractivity contribution >= 4 is 16.7 Å². The van der Waals surface area contributed by atoms with Gasteiger partial charge in [-0.25, -0.2) is 4.98 Å². The number of carbonyl (C=O) groups excluding carboxylic acids is 1. The van der Waals surface area contributed by atoms with Crippen LogP contribution in [-0.2, 0) is 0 Å². The Bertz CT molecular complexity index is 1130. The Balaban J connectivity index is 1.73. The second-order valence-electron chi connectivity index (χ2n) is 6.13. The molecule has 2 heterocycles. The standard InChI is InChI=1S/C21H19N3O4/c1-26-17-9-12(10-18(27-2)20(17)28-3)19(25)21-23-11-16(24-21)13-5-4-6-15-14(13)7-8-22-15/h4-11,22H,1-3H3,(H,23,24). The molecule has 2 N–H and O–H groups in total. The molecule has 0 amide bonds. The van der Waals surface area contributed by atoms with E-state index in [1.165, 1.54) is 21.3 Å². The predicted octanol–water partition coefficient (Wildman–Crippen LogP) is 3.81. The first-order valence-electron chi connectivity index (χ1n) is 8.62. The fourth-order valence-electron chi connectivity index (χ4n) is 3.24. The number of fused-ring (bicyclic) bond motifs is 1. The molecule has 4 rings (SSSR count). The van der Waals surface area contributed by atoms with E-state index in [2.05, 4.69) is 15.0 Å². The number of nitrogens with zero attached hydrogens (tertiary/aromatic N) is 1. The van der Waals surface area contributed by atoms with Crippen molar-refractivity contribution in [2.75, 3.05) is 21.3 Å². The van der Waals surface area contributed by atoms with Crippen molar-refractivity contribution in [2.45, 2.75) is 0 Å². The summed E-state index contributed by atoms with van der Waals surface area (Å²) in [5.41, 5.74) is 3.14. The van der Waals surface area contributed by atoms with Crippen LogP contribution in [0.4, 0.5) is 0 Å². The molecule has 7 heteroatoms. The highest BCUT2D eigenvalue weighted by Crippen LogP contribution is 2.38. The number of aromatic amines is 2. The van der Waals surface area contributed by atoms with E-state index in [9.17, 15) is 4.79 Å². The van der Waals surface area contributed by atoms with Crippen LogP contribution in [0.5, 0.6) is 17.2 Å². The summed E-state index contributed by atoms with van der Waals surface area (Å²) in [6.45, 7) is 0. The summed E-state index contributed by atoms with van der Waals surface area (Å²) in [7, 11) is 4.53. The number of ether oxygens (including phenoxy) is 3. The first-order valence-corrected chi connectivity index (χ1v) is 8.62. The number of nitrogens with one attached hydrogen (secondary N) is 2. The Morgan fingerprint density at radius 1 is 1.00 bits per heavy atom. The van der Waals surface area contributed by atoms with E-state index in [0.29, 0.717) is 22.8 Å². The average Bonchev–Trinajstić information content (AvgIpc) is 3.41. The maximum absolute atomic E-state index is 13.0. The second-order valence-corrected chi connectivity index (χ2v) is 6.13. The minimum absolute atomic E-state index is 0.233. The summed E-state index contributed by atoms with van der Waals surface area (Å²) < 4.78 is 16.0. The van der Waals surface area contributed by atoms with Gasteiger partial charge in [-0.3, -0.25) is 4.79 Å². The molecule has 2 aromatic heterocycles. The van der Waals surface area contributed by atoms with E-state index in [1.54, 1.807) is 18.3 Å². The molecule has 28 heavy (non-hydrogen) atoms. The van der Waals surface area contributed by atoms with Crippen molar-refractivity contribution in [1.82, 2.24) is 15.0 Å². The third-order valence-electron chi connectivity index (χ3n) is 4.60. The van der Waals surface area contributed by atoms with Gasteiger partial charge in [0.25, 0.3) is 0 Å². The monoisotopic (exact) mass is 377 g/mol. The number of imidazole rings is 1. The van der Waals surface area contributed by atoms with E-state index >= 15 is 0 Å². The van der Waals surface area contributed by atoms with Crippen molar-refractivity contribution in [2.24, 2.45) is 0 Å². The summed E-state index contributed by atoms with van der Waals surface area (Å²) in [5, 5.41) is 1.05. The highest BCUT2D eigenvalue weighted by molar-refractivity contribution is 6.08. The first-order chi connectivity index (χ1) is 13.7. The Morgan fingerprint density at radius 2 is 1.75 bits per heavy atom. The molecule has 142 valence electrons. The van der Waals surface area contributed by atoms with Crippen LogP contribution in [0, 0.1) is 0 Å². The Hall–Kier alpha value is -3.74. The van der Waals surface area contributed by atoms with Crippen molar-refractivity contribution in [1.29, 1.82) is 0 Å². The molecule has 0 bridgehead atoms. The molecule has 0 unspecified atom stereocenters. The van der Waals surface area contributed by atoms with Gasteiger partial charge < -0.3 is 24.2 Å². The Kier molecular flexibility index (Phi) is 4.49. The van der Waals surface area contributed by atoms with Crippen molar-refractivity contribution in [3.8, 4) is 28.5 Å². The lowest BCUT2D eigenvalue weighted by atomic mass is 10.1. The summed E-state index contributed by atoms with van der Waals surface area (Å²) in [6, 6.07) is 11.1. The first kappa shape index (κ1) is 17.7. The zero-order valence-corrected chi connectivity index (χ0v) is 15.7. The summed E-state index contributed by atoms with van der Waals surface area (Å²) in [6.07, 6.45) is 3.54. The number of carbonyl (C=O) groups is 1. The summed E-state index contributed by atoms with van der Waals surface area (Å²) >= 11 is 0. The van der Waals surface area contributed by atoms with Gasteiger partial charge in [-0.15, -0.1) is 0 Å². The Labute approximate surface area is 161 Å². The largest absolute Gasteiger partial charge is 0.493 e. The molecule has 2 aromatic carbocycles. The zero-order valence-electron chi connectivity index (χ0n) is 15.7. The molecule has 0 saturated heterocycles. The second kappa shape index (κ2) is 7.11. The lowest BCUT2D eigenvalue weighted by molar-refractivity contribution is 0.102. The van der Waals surface area contributed by atoms with Gasteiger partial charge in [0.15, 0.2) is 17.3 Å². The smallest absolute Gasteiger partial charge is 0.228 e. The lowest BCUT2D eigenvalue weighted by Gasteiger charge is -2.13. The maximum Gasteiger partial charge on any atom is 0.228 e. The third kappa shape index (κ3) is 2.87. The molecule has 0 spiro atoms. The molecule has 0 aliphatic rings. The fraction of sp³-hybridized carbons (Fsp3) is 0.143. The molecule has 0 saturated carbocycles. The van der Waals surface area contributed by atoms with Crippen molar-refractivity contribution in [3.05, 3.63) is 60.2 Å². The van der Waals surface area contributed by atoms with E-state index in [0.717, 1.165) is 22.2 Å². The van der Waals surface area contributed by atoms with Crippen LogP contribution in [-0.4, -0.2) is 42.1 Å². The number of hydrogen-bond donors (Lipinski definition) is 2. The van der Waals surface area contributed by atoms with E-state index < -0.39 is 0 Å². The van der Waals surface area contributed by atoms with E-state index in [1.807, 2.05) is 30.5 Å². The van der Waals surface area contributed by atoms with Gasteiger partial charge in [-0.2, -0.15) is 0 Å². The topological polar surface area (TPSA) is 89.2 Å². The van der Waals surface area contributed by atoms with Crippen LogP contribution in [0.1, 0.15) is 16.2 Å². The zero-order chi connectivity index (χ0) is 19.7. The van der Waals surface area contributed by atoms with Crippen LogP contribution >= 0.6 is 0 Å². The molecular formula is C21H19N3O4. The van der Waals surface area contributed by atoms with Crippen LogP contribution in [0.15, 0.2) is 48.8 Å². The van der Waals surface area contributed by atoms with Crippen LogP contribution in [0.3, 0.4) is 0 Å². The van der Waals surface area contributed by atoms with Gasteiger partial charge in [0.05, 0.1) is 33.2 Å². The minimum atomic E-state index is -0.272. The van der Waals surface area contributed by atoms with Gasteiger partial charge in [0.2, 0.25) is 11.5 Å². The lowest BCUT2D eigenvalue weighted by Crippen LogP contribution is -2.06. The van der Waals surface area contributed by atoms with Gasteiger partial charge >= 0.3 is 0 Å². The number of hydrogen-bond acceptors (Lipinski definition) is 5. The molecule has 0 aliphatic heterocycles. The molecule has 0 atom stereocenters. The number of aromatic nitrogens is 3. The van der Waals surface area contributed by atoms with E-state index in [4.69, 9.17) is 14.2 Å². The molecule has 4 aromatic rings. The molecule has 7 nitrogen and oxygen atoms in total. The number of methoxy groups -OCH3 is 3. The van der Waals surface area contributed by atoms with Gasteiger partial charge in [0.1, 0.15) is 0 Å². The molecular weight excluding hydrogens is 358 g/mol. The number of rotatable bonds is 6. The number of benzene rings is 2. The van der Waals surface area contributed by atoms with Crippen LogP contribution < -0.4 is 14.2 Å². The van der Waals surface area contributed by atoms with Gasteiger partial charge in [-0.05, 0) is 24.3 Å². The van der Waals surface area contributed by atoms with Gasteiger partial charge in [0, 0.05) is 28.2 Å². The van der Waals surface area contributed by atoms with Gasteiger partial charge in [-0.1, -0.05) is 12.1 Å². The molecule has 0 radical (unpaired) electrons. The summed E-state index contributed by atoms with van der Waals surface area (Å²) in [5.74, 6) is 1.22. The SMILES string of the molecule is COc1cc(C(=O)c2ncc(-c3cccc4[nH]ccc34)[nH]2)cc(OC)c1OC. The predicted molar refractivity (Wildman–Crippen MR) is 105 cm³/mol. The van der Waals surface area contributed by atoms with Crippen molar-refractivity contribution < 1.29 is 19.0 Å². The van der Waals surface area contributed by atoms with Crippen LogP contribution in [0.2, 0.25) is 0 Å². The Morgan fingerprint density at radius 3 is 2.43 bits per heavy atom. The normalized spacial score (nSPS) is 10.8. The molecule has 0 aliphatic carbocycles. The highest BCUT2D eigenvalue weighted by Gasteiger charge is 2.20. The third-order valence-corrected chi connectivity index (χ3v) is 4.60. The number of H-pyrrole nitrogens is 2. The van der Waals surface area contributed by atoms with E-state index in [-0.39, 0.29) is 11.6 Å². The van der Waals surface area contributed by atoms with Crippen molar-refractivity contribution in [3.63, 3.8) is 0 Å². The quantitative estimate of drug-likeness (QED) is 0.499. The number of ketones is 1. The maximum atomic E-state index is 13.0. The summed E-state index contributed by atoms with van der Waals surface area (Å²) in [4.78, 5) is 23.6. The highest BCUT2D eigenvalue weighted by atomic mass is 16.5. The minimum Gasteiger partial charge on any atom is -0.493 e. The van der Waals surface area contributed by atoms with Crippen LogP contribution in [0.25, 0.3) is 22.2 Å². The molecule has 0 fully saturated rings. The average molecular weight is 377 g/mol. The fourth-order valence-corrected chi connectivity index (χ4v) is 3.24.